The maximum absolute atomic E-state index is 13.3. The molecule has 0 unspecified atom stereocenters. The third kappa shape index (κ3) is 2.99. The zero-order chi connectivity index (χ0) is 20.0. The van der Waals surface area contributed by atoms with Crippen LogP contribution in [-0.4, -0.2) is 47.2 Å². The monoisotopic (exact) mass is 384 g/mol. The number of aryl methyl sites for hydroxylation is 1. The van der Waals surface area contributed by atoms with Gasteiger partial charge in [-0.05, 0) is 50.0 Å². The Morgan fingerprint density at radius 3 is 2.75 bits per heavy atom. The quantitative estimate of drug-likeness (QED) is 0.642. The highest BCUT2D eigenvalue weighted by atomic mass is 16.5. The molecule has 3 aliphatic rings. The summed E-state index contributed by atoms with van der Waals surface area (Å²) in [5.41, 5.74) is 2.91. The lowest BCUT2D eigenvalue weighted by molar-refractivity contribution is -0.152. The van der Waals surface area contributed by atoms with Crippen molar-refractivity contribution in [1.82, 2.24) is 9.88 Å². The van der Waals surface area contributed by atoms with Gasteiger partial charge in [0, 0.05) is 30.8 Å². The van der Waals surface area contributed by atoms with E-state index in [9.17, 15) is 14.4 Å². The first kappa shape index (κ1) is 19.0. The molecule has 1 N–H and O–H groups in total. The Morgan fingerprint density at radius 1 is 1.25 bits per heavy atom. The van der Waals surface area contributed by atoms with E-state index in [2.05, 4.69) is 17.1 Å². The third-order valence-corrected chi connectivity index (χ3v) is 6.60. The average molecular weight is 384 g/mol. The van der Waals surface area contributed by atoms with E-state index in [1.807, 2.05) is 25.7 Å². The topological polar surface area (TPSA) is 79.5 Å². The van der Waals surface area contributed by atoms with E-state index < -0.39 is 0 Å². The maximum Gasteiger partial charge on any atom is 0.309 e. The van der Waals surface area contributed by atoms with Crippen LogP contribution in [0.25, 0.3) is 0 Å². The van der Waals surface area contributed by atoms with Gasteiger partial charge in [0.25, 0.3) is 5.91 Å². The van der Waals surface area contributed by atoms with Crippen molar-refractivity contribution in [2.45, 2.75) is 40.0 Å². The van der Waals surface area contributed by atoms with Crippen molar-refractivity contribution in [3.8, 4) is 0 Å². The largest absolute Gasteiger partial charge is 0.466 e. The lowest BCUT2D eigenvalue weighted by atomic mass is 9.72. The first-order chi connectivity index (χ1) is 13.4. The number of amides is 1. The fourth-order valence-corrected chi connectivity index (χ4v) is 5.21. The molecule has 2 aliphatic carbocycles. The van der Waals surface area contributed by atoms with E-state index in [1.54, 1.807) is 0 Å². The van der Waals surface area contributed by atoms with Crippen molar-refractivity contribution >= 4 is 17.7 Å². The third-order valence-electron chi connectivity index (χ3n) is 6.60. The number of aromatic nitrogens is 1. The number of Topliss-reactive ketones (excluding diaryl/α,β-unsaturated/α-hetero) is 1. The molecule has 1 amide bonds. The Hall–Kier alpha value is -2.37. The molecular weight excluding hydrogens is 356 g/mol. The molecule has 1 aromatic heterocycles. The van der Waals surface area contributed by atoms with Gasteiger partial charge in [-0.3, -0.25) is 14.4 Å². The number of nitrogens with one attached hydrogen (secondary N) is 1. The minimum absolute atomic E-state index is 0.0715. The Labute approximate surface area is 165 Å². The summed E-state index contributed by atoms with van der Waals surface area (Å²) in [6.07, 6.45) is 6.42. The molecule has 1 aliphatic heterocycles. The fourth-order valence-electron chi connectivity index (χ4n) is 5.21. The molecule has 2 heterocycles. The van der Waals surface area contributed by atoms with Gasteiger partial charge in [0.15, 0.2) is 5.78 Å². The number of nitrogens with zero attached hydrogens (tertiary/aromatic N) is 1. The van der Waals surface area contributed by atoms with Gasteiger partial charge >= 0.3 is 5.97 Å². The molecule has 4 atom stereocenters. The molecule has 28 heavy (non-hydrogen) atoms. The molecule has 6 heteroatoms. The summed E-state index contributed by atoms with van der Waals surface area (Å²) in [5, 5.41) is 0. The normalized spacial score (nSPS) is 28.8. The van der Waals surface area contributed by atoms with Gasteiger partial charge in [-0.1, -0.05) is 19.1 Å². The predicted molar refractivity (Wildman–Crippen MR) is 104 cm³/mol. The van der Waals surface area contributed by atoms with Crippen molar-refractivity contribution < 1.29 is 19.1 Å². The van der Waals surface area contributed by atoms with Crippen LogP contribution >= 0.6 is 0 Å². The standard InChI is InChI=1S/C22H28N2O4/c1-4-28-22(27)18-12(2)8-9-14-10-24(11-15(14)18)21(26)20-13(3)19-16(23-20)6-5-7-17(19)25/h8-9,12,14-15,18,23H,4-7,10-11H2,1-3H3/t12-,14-,15+,18+/m0/s1. The molecule has 0 bridgehead atoms. The summed E-state index contributed by atoms with van der Waals surface area (Å²) in [7, 11) is 0. The van der Waals surface area contributed by atoms with Crippen LogP contribution in [0.1, 0.15) is 58.8 Å². The summed E-state index contributed by atoms with van der Waals surface area (Å²) in [4.78, 5) is 43.1. The Kier molecular flexibility index (Phi) is 4.89. The molecule has 0 aromatic carbocycles. The van der Waals surface area contributed by atoms with Gasteiger partial charge in [0.05, 0.1) is 12.5 Å². The lowest BCUT2D eigenvalue weighted by Crippen LogP contribution is -2.37. The maximum atomic E-state index is 13.3. The minimum atomic E-state index is -0.215. The van der Waals surface area contributed by atoms with Crippen LogP contribution in [0, 0.1) is 30.6 Å². The second-order valence-corrected chi connectivity index (χ2v) is 8.31. The molecule has 150 valence electrons. The second-order valence-electron chi connectivity index (χ2n) is 8.31. The van der Waals surface area contributed by atoms with Gasteiger partial charge in [-0.15, -0.1) is 0 Å². The highest BCUT2D eigenvalue weighted by Crippen LogP contribution is 2.40. The van der Waals surface area contributed by atoms with Gasteiger partial charge < -0.3 is 14.6 Å². The number of carbonyl (C=O) groups is 3. The summed E-state index contributed by atoms with van der Waals surface area (Å²) in [6, 6.07) is 0. The van der Waals surface area contributed by atoms with Crippen LogP contribution < -0.4 is 0 Å². The summed E-state index contributed by atoms with van der Waals surface area (Å²) in [6.45, 7) is 7.22. The van der Waals surface area contributed by atoms with Gasteiger partial charge in [0.1, 0.15) is 5.69 Å². The summed E-state index contributed by atoms with van der Waals surface area (Å²) < 4.78 is 5.31. The molecule has 1 aromatic rings. The number of esters is 1. The number of rotatable bonds is 3. The molecule has 0 saturated carbocycles. The van der Waals surface area contributed by atoms with Gasteiger partial charge in [0.2, 0.25) is 0 Å². The van der Waals surface area contributed by atoms with Crippen molar-refractivity contribution in [3.05, 3.63) is 34.7 Å². The molecule has 0 spiro atoms. The molecule has 1 fully saturated rings. The molecule has 6 nitrogen and oxygen atoms in total. The number of hydrogen-bond donors (Lipinski definition) is 1. The van der Waals surface area contributed by atoms with E-state index in [0.29, 0.717) is 37.4 Å². The van der Waals surface area contributed by atoms with Gasteiger partial charge in [-0.25, -0.2) is 0 Å². The van der Waals surface area contributed by atoms with E-state index >= 15 is 0 Å². The second kappa shape index (κ2) is 7.22. The SMILES string of the molecule is CCOC(=O)[C@H]1[C@@H]2CN(C(=O)c3[nH]c4c(c3C)C(=O)CCC4)C[C@@H]2C=C[C@@H]1C. The Balaban J connectivity index is 1.58. The molecule has 1 saturated heterocycles. The van der Waals surface area contributed by atoms with E-state index in [-0.39, 0.29) is 41.3 Å². The molecule has 0 radical (unpaired) electrons. The summed E-state index contributed by atoms with van der Waals surface area (Å²) in [5.74, 6) is 0.0252. The zero-order valence-electron chi connectivity index (χ0n) is 16.8. The average Bonchev–Trinajstić information content (AvgIpc) is 3.23. The fraction of sp³-hybridized carbons (Fsp3) is 0.591. The van der Waals surface area contributed by atoms with E-state index in [0.717, 1.165) is 24.1 Å². The molecule has 4 rings (SSSR count). The van der Waals surface area contributed by atoms with Crippen molar-refractivity contribution in [3.63, 3.8) is 0 Å². The number of ketones is 1. The predicted octanol–water partition coefficient (Wildman–Crippen LogP) is 2.92. The first-order valence-corrected chi connectivity index (χ1v) is 10.3. The number of H-pyrrole nitrogens is 1. The van der Waals surface area contributed by atoms with Gasteiger partial charge in [-0.2, -0.15) is 0 Å². The highest BCUT2D eigenvalue weighted by molar-refractivity contribution is 6.04. The smallest absolute Gasteiger partial charge is 0.309 e. The number of carbonyl (C=O) groups excluding carboxylic acids is 3. The number of ether oxygens (including phenoxy) is 1. The van der Waals surface area contributed by atoms with E-state index in [4.69, 9.17) is 4.74 Å². The van der Waals surface area contributed by atoms with Crippen LogP contribution in [-0.2, 0) is 16.0 Å². The number of allylic oxidation sites excluding steroid dienone is 1. The van der Waals surface area contributed by atoms with Crippen LogP contribution in [0.3, 0.4) is 0 Å². The number of aromatic amines is 1. The number of hydrogen-bond acceptors (Lipinski definition) is 4. The van der Waals surface area contributed by atoms with Crippen molar-refractivity contribution in [2.75, 3.05) is 19.7 Å². The zero-order valence-corrected chi connectivity index (χ0v) is 16.8. The van der Waals surface area contributed by atoms with Crippen LogP contribution in [0.2, 0.25) is 0 Å². The number of likely N-dealkylation sites (tertiary alicyclic amines) is 1. The van der Waals surface area contributed by atoms with Crippen molar-refractivity contribution in [2.24, 2.45) is 23.7 Å². The van der Waals surface area contributed by atoms with Crippen molar-refractivity contribution in [1.29, 1.82) is 0 Å². The lowest BCUT2D eigenvalue weighted by Gasteiger charge is -2.31. The van der Waals surface area contributed by atoms with E-state index in [1.165, 1.54) is 0 Å². The van der Waals surface area contributed by atoms with Crippen LogP contribution in [0.15, 0.2) is 12.2 Å². The number of fused-ring (bicyclic) bond motifs is 2. The van der Waals surface area contributed by atoms with Crippen LogP contribution in [0.5, 0.6) is 0 Å². The molecular formula is C22H28N2O4. The summed E-state index contributed by atoms with van der Waals surface area (Å²) >= 11 is 0. The van der Waals surface area contributed by atoms with Crippen LogP contribution in [0.4, 0.5) is 0 Å². The Bertz CT molecular complexity index is 853. The highest BCUT2D eigenvalue weighted by Gasteiger charge is 2.46. The minimum Gasteiger partial charge on any atom is -0.466 e. The first-order valence-electron chi connectivity index (χ1n) is 10.3. The Morgan fingerprint density at radius 2 is 2.04 bits per heavy atom.